The quantitative estimate of drug-likeness (QED) is 0.225. The van der Waals surface area contributed by atoms with E-state index in [1.165, 1.54) is 10.4 Å². The van der Waals surface area contributed by atoms with Crippen LogP contribution in [0.25, 0.3) is 0 Å². The SMILES string of the molecule is Cc1ccsc1CNCCCCC(N)=NO. The van der Waals surface area contributed by atoms with E-state index in [4.69, 9.17) is 10.9 Å². The van der Waals surface area contributed by atoms with Crippen LogP contribution in [0.5, 0.6) is 0 Å². The van der Waals surface area contributed by atoms with Crippen molar-refractivity contribution < 1.29 is 5.21 Å². The second-order valence-electron chi connectivity index (χ2n) is 3.75. The van der Waals surface area contributed by atoms with E-state index in [1.54, 1.807) is 11.3 Å². The summed E-state index contributed by atoms with van der Waals surface area (Å²) in [5.74, 6) is 0.314. The summed E-state index contributed by atoms with van der Waals surface area (Å²) < 4.78 is 0. The van der Waals surface area contributed by atoms with E-state index in [0.717, 1.165) is 25.9 Å². The van der Waals surface area contributed by atoms with Crippen molar-refractivity contribution in [3.63, 3.8) is 0 Å². The van der Waals surface area contributed by atoms with Gasteiger partial charge in [-0.1, -0.05) is 5.16 Å². The minimum absolute atomic E-state index is 0.314. The van der Waals surface area contributed by atoms with Crippen LogP contribution in [0.15, 0.2) is 16.6 Å². The Morgan fingerprint density at radius 3 is 3.00 bits per heavy atom. The second kappa shape index (κ2) is 7.24. The van der Waals surface area contributed by atoms with Crippen molar-refractivity contribution in [2.75, 3.05) is 6.54 Å². The Hall–Kier alpha value is -1.07. The fourth-order valence-corrected chi connectivity index (χ4v) is 2.27. The molecule has 0 unspecified atom stereocenters. The largest absolute Gasteiger partial charge is 0.409 e. The highest BCUT2D eigenvalue weighted by Crippen LogP contribution is 2.14. The molecule has 0 saturated heterocycles. The number of rotatable bonds is 7. The van der Waals surface area contributed by atoms with Gasteiger partial charge in [-0.2, -0.15) is 0 Å². The molecule has 0 fully saturated rings. The summed E-state index contributed by atoms with van der Waals surface area (Å²) in [5, 5.41) is 16.8. The Morgan fingerprint density at radius 1 is 1.56 bits per heavy atom. The average molecular weight is 241 g/mol. The normalized spacial score (nSPS) is 11.9. The van der Waals surface area contributed by atoms with Crippen LogP contribution in [0, 0.1) is 6.92 Å². The molecule has 4 N–H and O–H groups in total. The predicted octanol–water partition coefficient (Wildman–Crippen LogP) is 2.06. The number of thiophene rings is 1. The number of nitrogens with one attached hydrogen (secondary N) is 1. The van der Waals surface area contributed by atoms with Crippen molar-refractivity contribution in [2.45, 2.75) is 32.7 Å². The van der Waals surface area contributed by atoms with Crippen molar-refractivity contribution >= 4 is 17.2 Å². The minimum Gasteiger partial charge on any atom is -0.409 e. The van der Waals surface area contributed by atoms with Gasteiger partial charge in [0, 0.05) is 17.8 Å². The maximum atomic E-state index is 8.34. The van der Waals surface area contributed by atoms with Gasteiger partial charge in [-0.15, -0.1) is 11.3 Å². The molecule has 5 heteroatoms. The zero-order valence-corrected chi connectivity index (χ0v) is 10.4. The summed E-state index contributed by atoms with van der Waals surface area (Å²) in [6.07, 6.45) is 2.66. The number of hydrogen-bond donors (Lipinski definition) is 3. The number of amidine groups is 1. The zero-order valence-electron chi connectivity index (χ0n) is 9.57. The molecule has 0 saturated carbocycles. The first kappa shape index (κ1) is 13.0. The minimum atomic E-state index is 0.314. The van der Waals surface area contributed by atoms with Crippen LogP contribution >= 0.6 is 11.3 Å². The fraction of sp³-hybridized carbons (Fsp3) is 0.545. The standard InChI is InChI=1S/C11H19N3OS/c1-9-5-7-16-10(9)8-13-6-3-2-4-11(12)14-15/h5,7,13,15H,2-4,6,8H2,1H3,(H2,12,14). The molecule has 0 aliphatic heterocycles. The van der Waals surface area contributed by atoms with Crippen LogP contribution in [0.3, 0.4) is 0 Å². The summed E-state index contributed by atoms with van der Waals surface area (Å²) in [6, 6.07) is 2.14. The molecule has 0 spiro atoms. The number of nitrogens with zero attached hydrogens (tertiary/aromatic N) is 1. The van der Waals surface area contributed by atoms with E-state index in [0.29, 0.717) is 12.3 Å². The molecule has 1 heterocycles. The molecular formula is C11H19N3OS. The lowest BCUT2D eigenvalue weighted by Crippen LogP contribution is -2.16. The molecule has 0 aliphatic rings. The maximum absolute atomic E-state index is 8.34. The molecule has 0 aliphatic carbocycles. The van der Waals surface area contributed by atoms with Gasteiger partial charge in [-0.3, -0.25) is 0 Å². The summed E-state index contributed by atoms with van der Waals surface area (Å²) in [5.41, 5.74) is 6.72. The smallest absolute Gasteiger partial charge is 0.139 e. The maximum Gasteiger partial charge on any atom is 0.139 e. The Morgan fingerprint density at radius 2 is 2.38 bits per heavy atom. The second-order valence-corrected chi connectivity index (χ2v) is 4.75. The van der Waals surface area contributed by atoms with E-state index in [-0.39, 0.29) is 0 Å². The van der Waals surface area contributed by atoms with Crippen LogP contribution in [-0.4, -0.2) is 17.6 Å². The van der Waals surface area contributed by atoms with E-state index < -0.39 is 0 Å². The molecule has 0 amide bonds. The number of hydrogen-bond acceptors (Lipinski definition) is 4. The van der Waals surface area contributed by atoms with Gasteiger partial charge in [-0.05, 0) is 43.3 Å². The van der Waals surface area contributed by atoms with Crippen LogP contribution in [-0.2, 0) is 6.54 Å². The van der Waals surface area contributed by atoms with Crippen LogP contribution in [0.1, 0.15) is 29.7 Å². The van der Waals surface area contributed by atoms with Gasteiger partial charge in [0.05, 0.1) is 0 Å². The van der Waals surface area contributed by atoms with Gasteiger partial charge < -0.3 is 16.3 Å². The van der Waals surface area contributed by atoms with Gasteiger partial charge in [0.1, 0.15) is 5.84 Å². The van der Waals surface area contributed by atoms with E-state index in [1.807, 2.05) is 0 Å². The predicted molar refractivity (Wildman–Crippen MR) is 68.0 cm³/mol. The van der Waals surface area contributed by atoms with Gasteiger partial charge in [-0.25, -0.2) is 0 Å². The first-order valence-electron chi connectivity index (χ1n) is 5.44. The highest BCUT2D eigenvalue weighted by atomic mass is 32.1. The lowest BCUT2D eigenvalue weighted by atomic mass is 10.2. The third-order valence-corrected chi connectivity index (χ3v) is 3.44. The van der Waals surface area contributed by atoms with E-state index in [2.05, 4.69) is 28.8 Å². The number of unbranched alkanes of at least 4 members (excludes halogenated alkanes) is 1. The molecular weight excluding hydrogens is 222 g/mol. The Bertz CT molecular complexity index is 336. The van der Waals surface area contributed by atoms with Gasteiger partial charge in [0.25, 0.3) is 0 Å². The van der Waals surface area contributed by atoms with Crippen molar-refractivity contribution in [3.8, 4) is 0 Å². The van der Waals surface area contributed by atoms with E-state index in [9.17, 15) is 0 Å². The van der Waals surface area contributed by atoms with Crippen molar-refractivity contribution in [3.05, 3.63) is 21.9 Å². The molecule has 0 atom stereocenters. The molecule has 1 aromatic rings. The van der Waals surface area contributed by atoms with Crippen LogP contribution < -0.4 is 11.1 Å². The third kappa shape index (κ3) is 4.63. The Balaban J connectivity index is 2.03. The van der Waals surface area contributed by atoms with Gasteiger partial charge in [0.2, 0.25) is 0 Å². The molecule has 16 heavy (non-hydrogen) atoms. The molecule has 0 aromatic carbocycles. The average Bonchev–Trinajstić information content (AvgIpc) is 2.69. The number of nitrogens with two attached hydrogens (primary N) is 1. The van der Waals surface area contributed by atoms with E-state index >= 15 is 0 Å². The fourth-order valence-electron chi connectivity index (χ4n) is 1.39. The topological polar surface area (TPSA) is 70.6 Å². The number of aryl methyl sites for hydroxylation is 1. The first-order valence-corrected chi connectivity index (χ1v) is 6.32. The highest BCUT2D eigenvalue weighted by molar-refractivity contribution is 7.10. The first-order chi connectivity index (χ1) is 7.74. The summed E-state index contributed by atoms with van der Waals surface area (Å²) in [7, 11) is 0. The Labute approximate surface area is 100 Å². The molecule has 1 rings (SSSR count). The zero-order chi connectivity index (χ0) is 11.8. The number of oxime groups is 1. The third-order valence-electron chi connectivity index (χ3n) is 2.42. The highest BCUT2D eigenvalue weighted by Gasteiger charge is 1.98. The molecule has 0 bridgehead atoms. The summed E-state index contributed by atoms with van der Waals surface area (Å²) in [4.78, 5) is 1.40. The Kier molecular flexibility index (Phi) is 5.88. The molecule has 90 valence electrons. The molecule has 1 aromatic heterocycles. The van der Waals surface area contributed by atoms with Crippen LogP contribution in [0.2, 0.25) is 0 Å². The molecule has 4 nitrogen and oxygen atoms in total. The summed E-state index contributed by atoms with van der Waals surface area (Å²) >= 11 is 1.79. The van der Waals surface area contributed by atoms with Crippen molar-refractivity contribution in [1.82, 2.24) is 5.32 Å². The van der Waals surface area contributed by atoms with Gasteiger partial charge in [0.15, 0.2) is 0 Å². The summed E-state index contributed by atoms with van der Waals surface area (Å²) in [6.45, 7) is 4.04. The lowest BCUT2D eigenvalue weighted by molar-refractivity contribution is 0.316. The monoisotopic (exact) mass is 241 g/mol. The van der Waals surface area contributed by atoms with Crippen molar-refractivity contribution in [2.24, 2.45) is 10.9 Å². The van der Waals surface area contributed by atoms with Gasteiger partial charge >= 0.3 is 0 Å². The molecule has 0 radical (unpaired) electrons. The lowest BCUT2D eigenvalue weighted by Gasteiger charge is -2.03. The van der Waals surface area contributed by atoms with Crippen molar-refractivity contribution in [1.29, 1.82) is 0 Å². The van der Waals surface area contributed by atoms with Crippen LogP contribution in [0.4, 0.5) is 0 Å².